The number of benzene rings is 1. The molecule has 4 saturated carbocycles. The lowest BCUT2D eigenvalue weighted by atomic mass is 9.53. The van der Waals surface area contributed by atoms with Gasteiger partial charge in [0, 0.05) is 48.8 Å². The number of carbonyl (C=O) groups is 1. The summed E-state index contributed by atoms with van der Waals surface area (Å²) in [7, 11) is 0. The van der Waals surface area contributed by atoms with Crippen LogP contribution in [0.2, 0.25) is 0 Å². The number of rotatable bonds is 3. The molecule has 0 atom stereocenters. The molecule has 196 valence electrons. The molecule has 2 aromatic rings. The molecule has 8 nitrogen and oxygen atoms in total. The molecule has 4 bridgehead atoms. The van der Waals surface area contributed by atoms with Gasteiger partial charge in [-0.1, -0.05) is 0 Å². The minimum Gasteiger partial charge on any atom is -0.368 e. The van der Waals surface area contributed by atoms with Gasteiger partial charge in [0.25, 0.3) is 5.95 Å². The molecular formula is C28H36FN7O. The molecule has 2 amide bonds. The number of aromatic nitrogens is 2. The maximum absolute atomic E-state index is 13.4. The van der Waals surface area contributed by atoms with Crippen LogP contribution in [0.3, 0.4) is 0 Å². The largest absolute Gasteiger partial charge is 0.368 e. The molecule has 1 aromatic heterocycles. The van der Waals surface area contributed by atoms with E-state index in [0.29, 0.717) is 25.0 Å². The Labute approximate surface area is 217 Å². The number of nitrogens with zero attached hydrogens (tertiary/aromatic N) is 5. The van der Waals surface area contributed by atoms with Gasteiger partial charge in [-0.2, -0.15) is 4.99 Å². The SMILES string of the molecule is Cc1cc(C)nc(/N=C(/NC(=O)NC23CC4CC(CC(C4)C2)C3)N2CCN(c3ccc(F)cc3)CC2)n1. The first-order valence-electron chi connectivity index (χ1n) is 13.6. The average Bonchev–Trinajstić information content (AvgIpc) is 2.82. The predicted octanol–water partition coefficient (Wildman–Crippen LogP) is 4.31. The Morgan fingerprint density at radius 1 is 0.946 bits per heavy atom. The highest BCUT2D eigenvalue weighted by Crippen LogP contribution is 2.55. The molecule has 0 radical (unpaired) electrons. The molecular weight excluding hydrogens is 469 g/mol. The van der Waals surface area contributed by atoms with Crippen LogP contribution in [0, 0.1) is 37.4 Å². The Hall–Kier alpha value is -3.23. The van der Waals surface area contributed by atoms with Crippen molar-refractivity contribution in [3.8, 4) is 0 Å². The zero-order valence-electron chi connectivity index (χ0n) is 21.7. The van der Waals surface area contributed by atoms with E-state index in [1.165, 1.54) is 31.4 Å². The second-order valence-electron chi connectivity index (χ2n) is 11.6. The number of nitrogens with one attached hydrogen (secondary N) is 2. The van der Waals surface area contributed by atoms with Gasteiger partial charge < -0.3 is 15.1 Å². The van der Waals surface area contributed by atoms with E-state index in [1.54, 1.807) is 12.1 Å². The van der Waals surface area contributed by atoms with E-state index in [1.807, 2.05) is 19.9 Å². The summed E-state index contributed by atoms with van der Waals surface area (Å²) in [5.74, 6) is 2.85. The van der Waals surface area contributed by atoms with Gasteiger partial charge in [0.05, 0.1) is 0 Å². The molecule has 2 heterocycles. The van der Waals surface area contributed by atoms with E-state index < -0.39 is 0 Å². The number of aryl methyl sites for hydroxylation is 2. The summed E-state index contributed by atoms with van der Waals surface area (Å²) in [6.07, 6.45) is 7.27. The summed E-state index contributed by atoms with van der Waals surface area (Å²) in [6, 6.07) is 8.31. The molecule has 37 heavy (non-hydrogen) atoms. The van der Waals surface area contributed by atoms with Gasteiger partial charge in [-0.05, 0) is 100 Å². The van der Waals surface area contributed by atoms with Gasteiger partial charge in [-0.15, -0.1) is 0 Å². The molecule has 5 fully saturated rings. The van der Waals surface area contributed by atoms with E-state index in [2.05, 4.69) is 30.4 Å². The van der Waals surface area contributed by atoms with Crippen LogP contribution < -0.4 is 15.5 Å². The first kappa shape index (κ1) is 24.1. The summed E-state index contributed by atoms with van der Waals surface area (Å²) in [4.78, 5) is 31.4. The topological polar surface area (TPSA) is 85.7 Å². The molecule has 7 rings (SSSR count). The maximum Gasteiger partial charge on any atom is 0.321 e. The molecule has 5 aliphatic rings. The van der Waals surface area contributed by atoms with Crippen molar-refractivity contribution < 1.29 is 9.18 Å². The first-order valence-corrected chi connectivity index (χ1v) is 13.6. The van der Waals surface area contributed by atoms with Crippen molar-refractivity contribution in [1.29, 1.82) is 0 Å². The van der Waals surface area contributed by atoms with Gasteiger partial charge in [-0.25, -0.2) is 19.2 Å². The zero-order chi connectivity index (χ0) is 25.6. The van der Waals surface area contributed by atoms with Crippen molar-refractivity contribution in [1.82, 2.24) is 25.5 Å². The summed E-state index contributed by atoms with van der Waals surface area (Å²) in [6.45, 7) is 6.63. The molecule has 0 spiro atoms. The number of urea groups is 1. The Morgan fingerprint density at radius 2 is 1.51 bits per heavy atom. The lowest BCUT2D eigenvalue weighted by Gasteiger charge is -2.56. The Morgan fingerprint density at radius 3 is 2.08 bits per heavy atom. The number of amides is 2. The molecule has 4 aliphatic carbocycles. The van der Waals surface area contributed by atoms with E-state index in [-0.39, 0.29) is 17.4 Å². The maximum atomic E-state index is 13.4. The van der Waals surface area contributed by atoms with Crippen LogP contribution in [-0.4, -0.2) is 58.6 Å². The normalized spacial score (nSPS) is 28.9. The summed E-state index contributed by atoms with van der Waals surface area (Å²) in [5, 5.41) is 6.49. The molecule has 9 heteroatoms. The fourth-order valence-electron chi connectivity index (χ4n) is 7.50. The van der Waals surface area contributed by atoms with E-state index in [9.17, 15) is 9.18 Å². The van der Waals surface area contributed by atoms with Crippen molar-refractivity contribution in [2.24, 2.45) is 22.7 Å². The van der Waals surface area contributed by atoms with Crippen molar-refractivity contribution in [3.05, 3.63) is 47.5 Å². The highest BCUT2D eigenvalue weighted by atomic mass is 19.1. The third kappa shape index (κ3) is 5.26. The van der Waals surface area contributed by atoms with E-state index in [4.69, 9.17) is 4.99 Å². The third-order valence-electron chi connectivity index (χ3n) is 8.59. The first-order chi connectivity index (χ1) is 17.8. The fraction of sp³-hybridized carbons (Fsp3) is 0.571. The van der Waals surface area contributed by atoms with Gasteiger partial charge in [0.1, 0.15) is 5.82 Å². The number of anilines is 1. The van der Waals surface area contributed by atoms with Gasteiger partial charge in [-0.3, -0.25) is 5.32 Å². The van der Waals surface area contributed by atoms with Gasteiger partial charge in [0.2, 0.25) is 5.96 Å². The van der Waals surface area contributed by atoms with Crippen LogP contribution in [0.4, 0.5) is 20.8 Å². The van der Waals surface area contributed by atoms with Crippen LogP contribution in [0.1, 0.15) is 49.9 Å². The minimum absolute atomic E-state index is 0.0817. The second-order valence-corrected chi connectivity index (χ2v) is 11.6. The third-order valence-corrected chi connectivity index (χ3v) is 8.59. The van der Waals surface area contributed by atoms with Crippen molar-refractivity contribution in [2.75, 3.05) is 31.1 Å². The van der Waals surface area contributed by atoms with E-state index >= 15 is 0 Å². The average molecular weight is 506 g/mol. The Bertz CT molecular complexity index is 1130. The molecule has 1 saturated heterocycles. The molecule has 1 aromatic carbocycles. The standard InChI is InChI=1S/C28H36FN7O/c1-18-11-19(2)31-25(30-18)32-26(36-9-7-35(8-10-36)24-5-3-23(29)4-6-24)33-27(37)34-28-15-20-12-21(16-28)14-22(13-20)17-28/h3-6,11,20-22H,7-10,12-17H2,1-2H3,(H2,30,31,32,33,34,37). The number of guanidine groups is 1. The molecule has 0 unspecified atom stereocenters. The highest BCUT2D eigenvalue weighted by molar-refractivity contribution is 5.97. The highest BCUT2D eigenvalue weighted by Gasteiger charge is 2.51. The van der Waals surface area contributed by atoms with E-state index in [0.717, 1.165) is 67.2 Å². The number of aliphatic imine (C=N–C) groups is 1. The lowest BCUT2D eigenvalue weighted by Crippen LogP contribution is -2.63. The van der Waals surface area contributed by atoms with Gasteiger partial charge >= 0.3 is 6.03 Å². The predicted molar refractivity (Wildman–Crippen MR) is 141 cm³/mol. The zero-order valence-corrected chi connectivity index (χ0v) is 21.7. The number of carbonyl (C=O) groups excluding carboxylic acids is 1. The Balaban J connectivity index is 1.19. The fourth-order valence-corrected chi connectivity index (χ4v) is 7.50. The number of halogens is 1. The van der Waals surface area contributed by atoms with Crippen molar-refractivity contribution >= 4 is 23.6 Å². The summed E-state index contributed by atoms with van der Waals surface area (Å²) < 4.78 is 13.4. The van der Waals surface area contributed by atoms with Gasteiger partial charge in [0.15, 0.2) is 0 Å². The number of hydrogen-bond donors (Lipinski definition) is 2. The summed E-state index contributed by atoms with van der Waals surface area (Å²) >= 11 is 0. The lowest BCUT2D eigenvalue weighted by molar-refractivity contribution is -0.0133. The molecule has 1 aliphatic heterocycles. The Kier molecular flexibility index (Phi) is 6.24. The quantitative estimate of drug-likeness (QED) is 0.480. The van der Waals surface area contributed by atoms with Crippen LogP contribution >= 0.6 is 0 Å². The smallest absolute Gasteiger partial charge is 0.321 e. The summed E-state index contributed by atoms with van der Waals surface area (Å²) in [5.41, 5.74) is 2.58. The second kappa shape index (κ2) is 9.58. The van der Waals surface area contributed by atoms with Crippen LogP contribution in [0.5, 0.6) is 0 Å². The van der Waals surface area contributed by atoms with Crippen molar-refractivity contribution in [3.63, 3.8) is 0 Å². The number of piperazine rings is 1. The number of hydrogen-bond acceptors (Lipinski definition) is 5. The van der Waals surface area contributed by atoms with Crippen LogP contribution in [0.25, 0.3) is 0 Å². The monoisotopic (exact) mass is 505 g/mol. The minimum atomic E-state index is -0.237. The molecule has 2 N–H and O–H groups in total. The van der Waals surface area contributed by atoms with Crippen LogP contribution in [0.15, 0.2) is 35.3 Å². The van der Waals surface area contributed by atoms with Crippen molar-refractivity contribution in [2.45, 2.75) is 57.9 Å². The van der Waals surface area contributed by atoms with Crippen LogP contribution in [-0.2, 0) is 0 Å².